The Labute approximate surface area is 89.7 Å². The average molecular weight is 205 g/mol. The van der Waals surface area contributed by atoms with Gasteiger partial charge < -0.3 is 4.84 Å². The van der Waals surface area contributed by atoms with E-state index in [-0.39, 0.29) is 5.97 Å². The van der Waals surface area contributed by atoms with Gasteiger partial charge in [-0.2, -0.15) is 0 Å². The third-order valence-corrected chi connectivity index (χ3v) is 1.75. The highest BCUT2D eigenvalue weighted by atomic mass is 16.7. The summed E-state index contributed by atoms with van der Waals surface area (Å²) in [6.45, 7) is 5.36. The summed E-state index contributed by atoms with van der Waals surface area (Å²) in [5, 5.41) is 3.63. The van der Waals surface area contributed by atoms with Crippen molar-refractivity contribution in [3.05, 3.63) is 35.9 Å². The molecule has 0 saturated carbocycles. The predicted octanol–water partition coefficient (Wildman–Crippen LogP) is 2.61. The van der Waals surface area contributed by atoms with E-state index in [2.05, 4.69) is 5.16 Å². The summed E-state index contributed by atoms with van der Waals surface area (Å²) in [7, 11) is 0. The third-order valence-electron chi connectivity index (χ3n) is 1.75. The second-order valence-corrected chi connectivity index (χ2v) is 4.27. The van der Waals surface area contributed by atoms with E-state index < -0.39 is 5.41 Å². The molecular formula is C12H15NO2. The summed E-state index contributed by atoms with van der Waals surface area (Å²) in [5.74, 6) is -0.338. The van der Waals surface area contributed by atoms with Crippen LogP contribution in [0.4, 0.5) is 0 Å². The Morgan fingerprint density at radius 3 is 2.40 bits per heavy atom. The molecule has 0 spiro atoms. The molecule has 1 aromatic rings. The Morgan fingerprint density at radius 2 is 1.87 bits per heavy atom. The minimum Gasteiger partial charge on any atom is -0.318 e. The molecule has 0 aliphatic carbocycles. The van der Waals surface area contributed by atoms with Crippen molar-refractivity contribution in [2.24, 2.45) is 10.6 Å². The average Bonchev–Trinajstić information content (AvgIpc) is 2.18. The molecule has 3 nitrogen and oxygen atoms in total. The van der Waals surface area contributed by atoms with E-state index in [0.717, 1.165) is 5.56 Å². The monoisotopic (exact) mass is 205 g/mol. The fourth-order valence-electron chi connectivity index (χ4n) is 0.811. The second-order valence-electron chi connectivity index (χ2n) is 4.27. The highest BCUT2D eigenvalue weighted by Crippen LogP contribution is 2.14. The maximum absolute atomic E-state index is 11.3. The minimum absolute atomic E-state index is 0.338. The highest BCUT2D eigenvalue weighted by Gasteiger charge is 2.23. The van der Waals surface area contributed by atoms with Gasteiger partial charge in [-0.1, -0.05) is 35.5 Å². The molecule has 0 aromatic heterocycles. The highest BCUT2D eigenvalue weighted by molar-refractivity contribution is 5.80. The van der Waals surface area contributed by atoms with Gasteiger partial charge in [-0.3, -0.25) is 0 Å². The van der Waals surface area contributed by atoms with E-state index in [1.54, 1.807) is 20.8 Å². The molecule has 0 fully saturated rings. The minimum atomic E-state index is -0.520. The van der Waals surface area contributed by atoms with Crippen molar-refractivity contribution in [1.29, 1.82) is 0 Å². The first kappa shape index (κ1) is 11.4. The van der Waals surface area contributed by atoms with Crippen LogP contribution in [0.3, 0.4) is 0 Å². The molecule has 0 heterocycles. The first-order valence-electron chi connectivity index (χ1n) is 4.80. The van der Waals surface area contributed by atoms with Gasteiger partial charge in [0, 0.05) is 0 Å². The Bertz CT molecular complexity index is 350. The number of hydrogen-bond donors (Lipinski definition) is 0. The van der Waals surface area contributed by atoms with Crippen molar-refractivity contribution in [3.63, 3.8) is 0 Å². The number of benzene rings is 1. The lowest BCUT2D eigenvalue weighted by Crippen LogP contribution is -2.21. The quantitative estimate of drug-likeness (QED) is 0.423. The molecule has 80 valence electrons. The molecule has 0 aliphatic heterocycles. The standard InChI is InChI=1S/C12H15NO2/c1-12(2,3)11(14)15-13-9-10-7-5-4-6-8-10/h4-9H,1-3H3. The summed E-state index contributed by atoms with van der Waals surface area (Å²) in [4.78, 5) is 16.1. The number of carbonyl (C=O) groups excluding carboxylic acids is 1. The summed E-state index contributed by atoms with van der Waals surface area (Å²) >= 11 is 0. The van der Waals surface area contributed by atoms with Crippen molar-refractivity contribution in [2.45, 2.75) is 20.8 Å². The molecule has 0 N–H and O–H groups in total. The fourth-order valence-corrected chi connectivity index (χ4v) is 0.811. The topological polar surface area (TPSA) is 38.7 Å². The molecule has 0 amide bonds. The molecule has 1 aromatic carbocycles. The van der Waals surface area contributed by atoms with Crippen molar-refractivity contribution in [3.8, 4) is 0 Å². The summed E-state index contributed by atoms with van der Waals surface area (Å²) in [6, 6.07) is 9.47. The number of nitrogens with zero attached hydrogens (tertiary/aromatic N) is 1. The van der Waals surface area contributed by atoms with Crippen molar-refractivity contribution in [1.82, 2.24) is 0 Å². The maximum Gasteiger partial charge on any atom is 0.340 e. The normalized spacial score (nSPS) is 11.7. The van der Waals surface area contributed by atoms with Crippen molar-refractivity contribution < 1.29 is 9.63 Å². The molecule has 0 saturated heterocycles. The molecule has 0 bridgehead atoms. The zero-order valence-electron chi connectivity index (χ0n) is 9.23. The van der Waals surface area contributed by atoms with Crippen LogP contribution in [0.1, 0.15) is 26.3 Å². The van der Waals surface area contributed by atoms with Crippen LogP contribution >= 0.6 is 0 Å². The van der Waals surface area contributed by atoms with E-state index in [4.69, 9.17) is 4.84 Å². The molecule has 0 atom stereocenters. The molecule has 0 unspecified atom stereocenters. The van der Waals surface area contributed by atoms with E-state index in [9.17, 15) is 4.79 Å². The van der Waals surface area contributed by atoms with Crippen LogP contribution in [0.2, 0.25) is 0 Å². The Kier molecular flexibility index (Phi) is 3.61. The van der Waals surface area contributed by atoms with Crippen LogP contribution in [-0.4, -0.2) is 12.2 Å². The van der Waals surface area contributed by atoms with Gasteiger partial charge in [-0.15, -0.1) is 0 Å². The molecule has 15 heavy (non-hydrogen) atoms. The second kappa shape index (κ2) is 4.73. The maximum atomic E-state index is 11.3. The van der Waals surface area contributed by atoms with Gasteiger partial charge in [0.2, 0.25) is 0 Å². The molecule has 0 aliphatic rings. The first-order valence-corrected chi connectivity index (χ1v) is 4.80. The van der Waals surface area contributed by atoms with Crippen LogP contribution in [-0.2, 0) is 9.63 Å². The number of rotatable bonds is 2. The third kappa shape index (κ3) is 3.94. The molecule has 3 heteroatoms. The van der Waals surface area contributed by atoms with Gasteiger partial charge in [-0.05, 0) is 26.3 Å². The van der Waals surface area contributed by atoms with Gasteiger partial charge in [0.05, 0.1) is 11.6 Å². The lowest BCUT2D eigenvalue weighted by Gasteiger charge is -2.12. The lowest BCUT2D eigenvalue weighted by atomic mass is 9.98. The van der Waals surface area contributed by atoms with Crippen LogP contribution in [0.15, 0.2) is 35.5 Å². The largest absolute Gasteiger partial charge is 0.340 e. The zero-order chi connectivity index (χ0) is 11.3. The number of carbonyl (C=O) groups is 1. The van der Waals surface area contributed by atoms with Gasteiger partial charge in [0.1, 0.15) is 0 Å². The molecule has 1 rings (SSSR count). The summed E-state index contributed by atoms with van der Waals surface area (Å²) in [5.41, 5.74) is 0.382. The predicted molar refractivity (Wildman–Crippen MR) is 59.6 cm³/mol. The van der Waals surface area contributed by atoms with E-state index in [0.29, 0.717) is 0 Å². The van der Waals surface area contributed by atoms with Gasteiger partial charge >= 0.3 is 5.97 Å². The smallest absolute Gasteiger partial charge is 0.318 e. The van der Waals surface area contributed by atoms with Crippen LogP contribution < -0.4 is 0 Å². The van der Waals surface area contributed by atoms with Crippen LogP contribution in [0.5, 0.6) is 0 Å². The zero-order valence-corrected chi connectivity index (χ0v) is 9.23. The van der Waals surface area contributed by atoms with Gasteiger partial charge in [0.25, 0.3) is 0 Å². The lowest BCUT2D eigenvalue weighted by molar-refractivity contribution is -0.152. The number of hydrogen-bond acceptors (Lipinski definition) is 3. The Hall–Kier alpha value is -1.64. The first-order chi connectivity index (χ1) is 7.00. The summed E-state index contributed by atoms with van der Waals surface area (Å²) < 4.78 is 0. The van der Waals surface area contributed by atoms with Crippen LogP contribution in [0.25, 0.3) is 0 Å². The van der Waals surface area contributed by atoms with E-state index in [1.807, 2.05) is 30.3 Å². The Balaban J connectivity index is 2.51. The van der Waals surface area contributed by atoms with E-state index >= 15 is 0 Å². The summed E-state index contributed by atoms with van der Waals surface area (Å²) in [6.07, 6.45) is 1.52. The Morgan fingerprint density at radius 1 is 1.27 bits per heavy atom. The SMILES string of the molecule is CC(C)(C)C(=O)ON=Cc1ccccc1. The van der Waals surface area contributed by atoms with Gasteiger partial charge in [0.15, 0.2) is 0 Å². The van der Waals surface area contributed by atoms with Crippen LogP contribution in [0, 0.1) is 5.41 Å². The molecular weight excluding hydrogens is 190 g/mol. The van der Waals surface area contributed by atoms with Crippen molar-refractivity contribution in [2.75, 3.05) is 0 Å². The fraction of sp³-hybridized carbons (Fsp3) is 0.333. The van der Waals surface area contributed by atoms with E-state index in [1.165, 1.54) is 6.21 Å². The van der Waals surface area contributed by atoms with Crippen molar-refractivity contribution >= 4 is 12.2 Å². The molecule has 0 radical (unpaired) electrons. The van der Waals surface area contributed by atoms with Gasteiger partial charge in [-0.25, -0.2) is 4.79 Å². The number of oxime groups is 1.